The minimum Gasteiger partial charge on any atom is -0.467 e. The first-order valence-corrected chi connectivity index (χ1v) is 12.1. The fourth-order valence-corrected chi connectivity index (χ4v) is 1.90. The van der Waals surface area contributed by atoms with Gasteiger partial charge in [-0.15, -0.1) is 0 Å². The van der Waals surface area contributed by atoms with Crippen LogP contribution in [0.5, 0.6) is 0 Å². The molecule has 0 saturated carbocycles. The van der Waals surface area contributed by atoms with Crippen molar-refractivity contribution in [3.05, 3.63) is 71.8 Å². The number of aliphatic hydroxyl groups is 10. The number of aliphatic hydroxyl groups excluding tert-OH is 10. The van der Waals surface area contributed by atoms with Gasteiger partial charge in [0.15, 0.2) is 6.10 Å². The summed E-state index contributed by atoms with van der Waals surface area (Å²) in [6, 6.07) is 18.2. The van der Waals surface area contributed by atoms with Gasteiger partial charge >= 0.3 is 5.97 Å². The van der Waals surface area contributed by atoms with E-state index >= 15 is 0 Å². The van der Waals surface area contributed by atoms with Crippen molar-refractivity contribution in [1.82, 2.24) is 0 Å². The predicted octanol–water partition coefficient (Wildman–Crippen LogP) is -0.954. The highest BCUT2D eigenvalue weighted by atomic mass is 16.5. The third-order valence-electron chi connectivity index (χ3n) is 4.31. The quantitative estimate of drug-likeness (QED) is 0.167. The van der Waals surface area contributed by atoms with Crippen molar-refractivity contribution in [2.75, 3.05) is 40.1 Å². The molecule has 0 unspecified atom stereocenters. The monoisotopic (exact) mass is 562 g/mol. The Morgan fingerprint density at radius 1 is 0.667 bits per heavy atom. The van der Waals surface area contributed by atoms with E-state index in [9.17, 15) is 4.79 Å². The van der Waals surface area contributed by atoms with E-state index in [1.54, 1.807) is 24.3 Å². The van der Waals surface area contributed by atoms with Crippen molar-refractivity contribution >= 4 is 5.97 Å². The van der Waals surface area contributed by atoms with Crippen LogP contribution < -0.4 is 0 Å². The van der Waals surface area contributed by atoms with E-state index in [0.717, 1.165) is 18.2 Å². The number of benzene rings is 2. The Kier molecular flexibility index (Phi) is 30.0. The first kappa shape index (κ1) is 41.0. The third-order valence-corrected chi connectivity index (χ3v) is 4.31. The molecule has 0 radical (unpaired) electrons. The molecular formula is C27H46O12. The molecule has 12 heteroatoms. The van der Waals surface area contributed by atoms with Gasteiger partial charge in [0.2, 0.25) is 0 Å². The van der Waals surface area contributed by atoms with E-state index < -0.39 is 43.1 Å². The van der Waals surface area contributed by atoms with Crippen molar-refractivity contribution in [3.63, 3.8) is 0 Å². The Morgan fingerprint density at radius 3 is 1.18 bits per heavy atom. The second-order valence-corrected chi connectivity index (χ2v) is 7.72. The van der Waals surface area contributed by atoms with E-state index in [1.807, 2.05) is 43.3 Å². The number of esters is 1. The average molecular weight is 563 g/mol. The molecule has 10 N–H and O–H groups in total. The third kappa shape index (κ3) is 25.5. The molecule has 0 aromatic heterocycles. The topological polar surface area (TPSA) is 229 Å². The SMILES string of the molecule is CC[C@@H](O)CO.COC(=O)[C@H](O)CO.C[C@@H](O)CO.OC[C@@H](O)c1ccccc1.OC[C@H](O)c1ccccc1. The van der Waals surface area contributed by atoms with Crippen molar-refractivity contribution < 1.29 is 60.6 Å². The van der Waals surface area contributed by atoms with Crippen LogP contribution in [0, 0.1) is 0 Å². The van der Waals surface area contributed by atoms with Gasteiger partial charge in [0.05, 0.1) is 52.4 Å². The van der Waals surface area contributed by atoms with Crippen LogP contribution in [-0.2, 0) is 9.53 Å². The van der Waals surface area contributed by atoms with Crippen LogP contribution in [-0.4, -0.2) is 115 Å². The minimum atomic E-state index is -1.39. The van der Waals surface area contributed by atoms with Gasteiger partial charge in [-0.3, -0.25) is 0 Å². The smallest absolute Gasteiger partial charge is 0.337 e. The summed E-state index contributed by atoms with van der Waals surface area (Å²) >= 11 is 0. The minimum absolute atomic E-state index is 0.115. The highest BCUT2D eigenvalue weighted by molar-refractivity contribution is 5.74. The lowest BCUT2D eigenvalue weighted by Gasteiger charge is -2.05. The zero-order valence-corrected chi connectivity index (χ0v) is 22.7. The maximum absolute atomic E-state index is 10.1. The molecule has 39 heavy (non-hydrogen) atoms. The standard InChI is InChI=1S/2C8H10O2.C4H8O4.C4H10O2.C3H8O2/c2*9-6-8(10)7-4-2-1-3-5-7;1-8-4(7)3(6)2-5;1-2-4(6)3-5;1-3(5)2-4/h2*1-5,8-10H,6H2;3,5-6H,2H2,1H3;4-6H,2-3H2,1H3;3-5H,2H2,1H3/t2*8-;3-;4-;3-/m10111/s1. The van der Waals surface area contributed by atoms with Crippen molar-refractivity contribution in [1.29, 1.82) is 0 Å². The second kappa shape index (κ2) is 28.5. The fraction of sp³-hybridized carbons (Fsp3) is 0.519. The number of rotatable bonds is 9. The molecule has 0 aliphatic heterocycles. The van der Waals surface area contributed by atoms with Gasteiger partial charge in [0, 0.05) is 0 Å². The summed E-state index contributed by atoms with van der Waals surface area (Å²) in [6.45, 7) is 2.07. The molecule has 0 heterocycles. The molecule has 0 spiro atoms. The first-order chi connectivity index (χ1) is 18.5. The van der Waals surface area contributed by atoms with Crippen LogP contribution in [0.25, 0.3) is 0 Å². The van der Waals surface area contributed by atoms with Crippen molar-refractivity contribution in [3.8, 4) is 0 Å². The Labute approximate surface area is 229 Å². The van der Waals surface area contributed by atoms with Crippen LogP contribution in [0.3, 0.4) is 0 Å². The van der Waals surface area contributed by atoms with Gasteiger partial charge in [-0.1, -0.05) is 67.6 Å². The van der Waals surface area contributed by atoms with Crippen LogP contribution >= 0.6 is 0 Å². The predicted molar refractivity (Wildman–Crippen MR) is 144 cm³/mol. The molecule has 5 atom stereocenters. The Balaban J connectivity index is -0.000000426. The number of hydrogen-bond acceptors (Lipinski definition) is 12. The summed E-state index contributed by atoms with van der Waals surface area (Å²) < 4.78 is 4.05. The Bertz CT molecular complexity index is 712. The fourth-order valence-electron chi connectivity index (χ4n) is 1.90. The molecule has 2 aromatic rings. The zero-order valence-electron chi connectivity index (χ0n) is 22.7. The molecule has 2 rings (SSSR count). The number of ether oxygens (including phenoxy) is 1. The highest BCUT2D eigenvalue weighted by Crippen LogP contribution is 2.10. The lowest BCUT2D eigenvalue weighted by Crippen LogP contribution is -2.25. The highest BCUT2D eigenvalue weighted by Gasteiger charge is 2.12. The molecule has 12 nitrogen and oxygen atoms in total. The Morgan fingerprint density at radius 2 is 1.03 bits per heavy atom. The number of methoxy groups -OCH3 is 1. The van der Waals surface area contributed by atoms with Crippen molar-refractivity contribution in [2.45, 2.75) is 50.8 Å². The Hall–Kier alpha value is -2.49. The normalized spacial score (nSPS) is 13.5. The molecule has 0 aliphatic carbocycles. The molecular weight excluding hydrogens is 516 g/mol. The van der Waals surface area contributed by atoms with E-state index in [-0.39, 0.29) is 26.4 Å². The van der Waals surface area contributed by atoms with Gasteiger partial charge in [-0.25, -0.2) is 4.79 Å². The maximum atomic E-state index is 10.1. The van der Waals surface area contributed by atoms with Gasteiger partial charge in [-0.05, 0) is 24.5 Å². The second-order valence-electron chi connectivity index (χ2n) is 7.72. The van der Waals surface area contributed by atoms with E-state index in [4.69, 9.17) is 51.1 Å². The number of carbonyl (C=O) groups is 1. The summed E-state index contributed by atoms with van der Waals surface area (Å²) in [6.07, 6.45) is -3.29. The van der Waals surface area contributed by atoms with Crippen LogP contribution in [0.2, 0.25) is 0 Å². The molecule has 2 aromatic carbocycles. The van der Waals surface area contributed by atoms with Gasteiger partial charge < -0.3 is 55.8 Å². The molecule has 0 bridgehead atoms. The van der Waals surface area contributed by atoms with Crippen LogP contribution in [0.4, 0.5) is 0 Å². The summed E-state index contributed by atoms with van der Waals surface area (Å²) in [7, 11) is 1.14. The first-order valence-electron chi connectivity index (χ1n) is 12.1. The van der Waals surface area contributed by atoms with Gasteiger partial charge in [-0.2, -0.15) is 0 Å². The van der Waals surface area contributed by atoms with Gasteiger partial charge in [0.1, 0.15) is 12.2 Å². The molecule has 0 amide bonds. The zero-order chi connectivity index (χ0) is 30.6. The number of carbonyl (C=O) groups excluding carboxylic acids is 1. The maximum Gasteiger partial charge on any atom is 0.337 e. The summed E-state index contributed by atoms with van der Waals surface area (Å²) in [4.78, 5) is 10.1. The lowest BCUT2D eigenvalue weighted by atomic mass is 10.1. The largest absolute Gasteiger partial charge is 0.467 e. The van der Waals surface area contributed by atoms with E-state index in [0.29, 0.717) is 6.42 Å². The van der Waals surface area contributed by atoms with Crippen molar-refractivity contribution in [2.24, 2.45) is 0 Å². The average Bonchev–Trinajstić information content (AvgIpc) is 3.00. The number of hydrogen-bond donors (Lipinski definition) is 10. The van der Waals surface area contributed by atoms with Crippen LogP contribution in [0.15, 0.2) is 60.7 Å². The van der Waals surface area contributed by atoms with E-state index in [1.165, 1.54) is 6.92 Å². The summed E-state index contributed by atoms with van der Waals surface area (Å²) in [5.74, 6) is -0.812. The molecule has 0 fully saturated rings. The van der Waals surface area contributed by atoms with E-state index in [2.05, 4.69) is 4.74 Å². The summed E-state index contributed by atoms with van der Waals surface area (Å²) in [5, 5.41) is 84.2. The lowest BCUT2D eigenvalue weighted by molar-refractivity contribution is -0.152. The summed E-state index contributed by atoms with van der Waals surface area (Å²) in [5.41, 5.74) is 1.51. The van der Waals surface area contributed by atoms with Crippen LogP contribution in [0.1, 0.15) is 43.6 Å². The molecule has 0 aliphatic rings. The van der Waals surface area contributed by atoms with Gasteiger partial charge in [0.25, 0.3) is 0 Å². The molecule has 0 saturated heterocycles. The molecule has 226 valence electrons.